The number of carbonyl (C=O) groups excluding carboxylic acids is 1. The Hall–Kier alpha value is -1.39. The van der Waals surface area contributed by atoms with Gasteiger partial charge in [0.05, 0.1) is 18.8 Å². The lowest BCUT2D eigenvalue weighted by atomic mass is 9.62. The molecule has 3 saturated heterocycles. The van der Waals surface area contributed by atoms with Crippen molar-refractivity contribution in [2.45, 2.75) is 76.6 Å². The second-order valence-corrected chi connectivity index (χ2v) is 8.43. The lowest BCUT2D eigenvalue weighted by Gasteiger charge is -2.53. The van der Waals surface area contributed by atoms with Crippen molar-refractivity contribution in [3.05, 3.63) is 29.8 Å². The fourth-order valence-electron chi connectivity index (χ4n) is 4.71. The highest BCUT2D eigenvalue weighted by Crippen LogP contribution is 2.55. The van der Waals surface area contributed by atoms with Crippen LogP contribution in [0.4, 0.5) is 0 Å². The first kappa shape index (κ1) is 18.0. The fourth-order valence-corrected chi connectivity index (χ4v) is 4.71. The van der Waals surface area contributed by atoms with E-state index in [1.165, 1.54) is 12.0 Å². The molecule has 1 aromatic carbocycles. The predicted molar refractivity (Wildman–Crippen MR) is 99.1 cm³/mol. The van der Waals surface area contributed by atoms with Gasteiger partial charge in [-0.3, -0.25) is 0 Å². The summed E-state index contributed by atoms with van der Waals surface area (Å²) in [6.07, 6.45) is 9.17. The Kier molecular flexibility index (Phi) is 5.07. The second-order valence-electron chi connectivity index (χ2n) is 8.43. The molecule has 5 rings (SSSR count). The number of fused-ring (bicyclic) bond motifs is 3. The quantitative estimate of drug-likeness (QED) is 0.736. The van der Waals surface area contributed by atoms with Crippen LogP contribution < -0.4 is 4.74 Å². The maximum atomic E-state index is 11.4. The summed E-state index contributed by atoms with van der Waals surface area (Å²) < 4.78 is 18.2. The van der Waals surface area contributed by atoms with Gasteiger partial charge < -0.3 is 19.0 Å². The van der Waals surface area contributed by atoms with E-state index in [4.69, 9.17) is 14.2 Å². The van der Waals surface area contributed by atoms with Crippen LogP contribution >= 0.6 is 0 Å². The molecule has 3 heterocycles. The van der Waals surface area contributed by atoms with E-state index in [9.17, 15) is 4.79 Å². The number of ether oxygens (including phenoxy) is 3. The van der Waals surface area contributed by atoms with Crippen LogP contribution in [0.3, 0.4) is 0 Å². The molecule has 0 spiro atoms. The lowest BCUT2D eigenvalue weighted by molar-refractivity contribution is -0.192. The molecule has 4 heteroatoms. The summed E-state index contributed by atoms with van der Waals surface area (Å²) in [6.45, 7) is 3.26. The summed E-state index contributed by atoms with van der Waals surface area (Å²) in [6, 6.07) is 8.40. The summed E-state index contributed by atoms with van der Waals surface area (Å²) in [5.74, 6) is 1.17. The van der Waals surface area contributed by atoms with Gasteiger partial charge in [-0.15, -0.1) is 0 Å². The van der Waals surface area contributed by atoms with Crippen molar-refractivity contribution < 1.29 is 19.0 Å². The molecule has 1 aromatic rings. The number of Topliss-reactive ketones (excluding diaryl/α,β-unsaturated/α-hetero) is 1. The van der Waals surface area contributed by atoms with Gasteiger partial charge in [-0.1, -0.05) is 12.1 Å². The van der Waals surface area contributed by atoms with Gasteiger partial charge in [-0.05, 0) is 75.0 Å². The van der Waals surface area contributed by atoms with Crippen molar-refractivity contribution in [2.24, 2.45) is 5.41 Å². The largest absolute Gasteiger partial charge is 0.465 e. The van der Waals surface area contributed by atoms with Crippen LogP contribution in [-0.4, -0.2) is 25.3 Å². The Morgan fingerprint density at radius 3 is 2.73 bits per heavy atom. The zero-order chi connectivity index (χ0) is 18.0. The van der Waals surface area contributed by atoms with Crippen LogP contribution in [0.5, 0.6) is 5.75 Å². The van der Waals surface area contributed by atoms with Crippen LogP contribution in [0.15, 0.2) is 24.3 Å². The molecule has 0 N–H and O–H groups in total. The molecule has 1 aliphatic carbocycles. The van der Waals surface area contributed by atoms with Crippen LogP contribution in [0.25, 0.3) is 0 Å². The number of benzene rings is 1. The minimum absolute atomic E-state index is 0.116. The van der Waals surface area contributed by atoms with Gasteiger partial charge in [-0.25, -0.2) is 0 Å². The first-order valence-electron chi connectivity index (χ1n) is 10.1. The molecule has 0 amide bonds. The van der Waals surface area contributed by atoms with E-state index < -0.39 is 0 Å². The molecule has 3 aliphatic heterocycles. The minimum atomic E-state index is -0.176. The van der Waals surface area contributed by atoms with Crippen LogP contribution in [0.1, 0.15) is 70.3 Å². The highest BCUT2D eigenvalue weighted by Gasteiger charge is 2.50. The summed E-state index contributed by atoms with van der Waals surface area (Å²) >= 11 is 0. The van der Waals surface area contributed by atoms with Crippen molar-refractivity contribution in [1.82, 2.24) is 0 Å². The topological polar surface area (TPSA) is 44.8 Å². The van der Waals surface area contributed by atoms with Crippen molar-refractivity contribution in [1.29, 1.82) is 0 Å². The number of hydrogen-bond acceptors (Lipinski definition) is 4. The van der Waals surface area contributed by atoms with E-state index in [2.05, 4.69) is 18.2 Å². The molecule has 0 radical (unpaired) electrons. The molecule has 142 valence electrons. The third-order valence-corrected chi connectivity index (χ3v) is 6.55. The third kappa shape index (κ3) is 3.67. The van der Waals surface area contributed by atoms with Crippen LogP contribution in [-0.2, 0) is 19.9 Å². The Bertz CT molecular complexity index is 623. The molecule has 1 unspecified atom stereocenters. The smallest absolute Gasteiger partial charge is 0.199 e. The molecular formula is C22H30O4. The first-order chi connectivity index (χ1) is 12.6. The van der Waals surface area contributed by atoms with E-state index in [0.29, 0.717) is 6.42 Å². The zero-order valence-corrected chi connectivity index (χ0v) is 15.8. The monoisotopic (exact) mass is 358 g/mol. The van der Waals surface area contributed by atoms with Gasteiger partial charge in [0.2, 0.25) is 0 Å². The van der Waals surface area contributed by atoms with Crippen LogP contribution in [0.2, 0.25) is 0 Å². The molecule has 4 fully saturated rings. The fraction of sp³-hybridized carbons (Fsp3) is 0.682. The van der Waals surface area contributed by atoms with Gasteiger partial charge >= 0.3 is 0 Å². The van der Waals surface area contributed by atoms with Crippen molar-refractivity contribution in [2.75, 3.05) is 13.2 Å². The maximum absolute atomic E-state index is 11.4. The van der Waals surface area contributed by atoms with Gasteiger partial charge in [0.1, 0.15) is 11.5 Å². The van der Waals surface area contributed by atoms with Gasteiger partial charge in [0.15, 0.2) is 6.29 Å². The average Bonchev–Trinajstić information content (AvgIpc) is 2.69. The SMILES string of the molecule is CC(=O)CCC12CCC(c3cccc(OC4CCCCO4)c3)(CC1)OC2. The van der Waals surface area contributed by atoms with Crippen molar-refractivity contribution in [3.63, 3.8) is 0 Å². The lowest BCUT2D eigenvalue weighted by Crippen LogP contribution is -2.49. The summed E-state index contributed by atoms with van der Waals surface area (Å²) in [5, 5.41) is 0. The van der Waals surface area contributed by atoms with Gasteiger partial charge in [0, 0.05) is 12.8 Å². The van der Waals surface area contributed by atoms with E-state index in [1.54, 1.807) is 6.92 Å². The Balaban J connectivity index is 1.44. The molecule has 1 atom stereocenters. The molecule has 26 heavy (non-hydrogen) atoms. The molecule has 1 saturated carbocycles. The molecule has 0 aromatic heterocycles. The number of ketones is 1. The summed E-state index contributed by atoms with van der Waals surface area (Å²) in [7, 11) is 0. The third-order valence-electron chi connectivity index (χ3n) is 6.55. The Morgan fingerprint density at radius 2 is 2.08 bits per heavy atom. The normalized spacial score (nSPS) is 33.8. The highest BCUT2D eigenvalue weighted by molar-refractivity contribution is 5.75. The average molecular weight is 358 g/mol. The summed E-state index contributed by atoms with van der Waals surface area (Å²) in [5.41, 5.74) is 1.27. The maximum Gasteiger partial charge on any atom is 0.199 e. The molecule has 4 aliphatic rings. The van der Waals surface area contributed by atoms with Gasteiger partial charge in [0.25, 0.3) is 0 Å². The van der Waals surface area contributed by atoms with Crippen molar-refractivity contribution >= 4 is 5.78 Å². The van der Waals surface area contributed by atoms with Gasteiger partial charge in [-0.2, -0.15) is 0 Å². The first-order valence-corrected chi connectivity index (χ1v) is 10.1. The molecule has 2 bridgehead atoms. The Labute approximate surface area is 156 Å². The molecular weight excluding hydrogens is 328 g/mol. The minimum Gasteiger partial charge on any atom is -0.465 e. The van der Waals surface area contributed by atoms with E-state index in [-0.39, 0.29) is 23.1 Å². The summed E-state index contributed by atoms with van der Waals surface area (Å²) in [4.78, 5) is 11.4. The van der Waals surface area contributed by atoms with E-state index in [0.717, 1.165) is 63.9 Å². The zero-order valence-electron chi connectivity index (χ0n) is 15.8. The predicted octanol–water partition coefficient (Wildman–Crippen LogP) is 4.75. The van der Waals surface area contributed by atoms with Crippen molar-refractivity contribution in [3.8, 4) is 5.75 Å². The standard InChI is InChI=1S/C22H30O4/c1-17(23)8-9-21-10-12-22(13-11-21,25-16-21)18-5-4-6-19(15-18)26-20-7-2-3-14-24-20/h4-6,15,20H,2-3,7-14,16H2,1H3. The highest BCUT2D eigenvalue weighted by atomic mass is 16.7. The van der Waals surface area contributed by atoms with E-state index >= 15 is 0 Å². The van der Waals surface area contributed by atoms with E-state index in [1.807, 2.05) is 6.07 Å². The van der Waals surface area contributed by atoms with Crippen LogP contribution in [0, 0.1) is 5.41 Å². The number of carbonyl (C=O) groups is 1. The molecule has 4 nitrogen and oxygen atoms in total. The number of rotatable bonds is 6. The second kappa shape index (κ2) is 7.32. The number of hydrogen-bond donors (Lipinski definition) is 0. The Morgan fingerprint density at radius 1 is 1.23 bits per heavy atom.